The Bertz CT molecular complexity index is 602. The Morgan fingerprint density at radius 1 is 1.05 bits per heavy atom. The summed E-state index contributed by atoms with van der Waals surface area (Å²) < 4.78 is 1.17. The highest BCUT2D eigenvalue weighted by Gasteiger charge is 2.18. The molecule has 2 aromatic carbocycles. The molecule has 0 fully saturated rings. The third-order valence-electron chi connectivity index (χ3n) is 3.77. The second-order valence-electron chi connectivity index (χ2n) is 5.30. The Morgan fingerprint density at radius 3 is 2.50 bits per heavy atom. The summed E-state index contributed by atoms with van der Waals surface area (Å²) in [5.74, 6) is 0. The average molecular weight is 332 g/mol. The molecule has 106 valence electrons. The van der Waals surface area contributed by atoms with Crippen molar-refractivity contribution in [1.29, 1.82) is 0 Å². The first-order chi connectivity index (χ1) is 9.54. The molecule has 0 bridgehead atoms. The molecular formula is C18H22BrN. The summed E-state index contributed by atoms with van der Waals surface area (Å²) >= 11 is 3.64. The minimum absolute atomic E-state index is 0.248. The first-order valence-electron chi connectivity index (χ1n) is 7.10. The molecule has 2 heteroatoms. The zero-order valence-corrected chi connectivity index (χ0v) is 14.2. The molecule has 1 unspecified atom stereocenters. The number of benzene rings is 2. The lowest BCUT2D eigenvalue weighted by atomic mass is 9.91. The Labute approximate surface area is 130 Å². The fourth-order valence-corrected chi connectivity index (χ4v) is 2.98. The van der Waals surface area contributed by atoms with E-state index in [1.165, 1.54) is 32.3 Å². The third kappa shape index (κ3) is 3.13. The molecule has 0 aliphatic carbocycles. The maximum Gasteiger partial charge on any atom is 0.0582 e. The Kier molecular flexibility index (Phi) is 5.00. The summed E-state index contributed by atoms with van der Waals surface area (Å²) in [7, 11) is 0. The summed E-state index contributed by atoms with van der Waals surface area (Å²) in [5, 5.41) is 3.63. The van der Waals surface area contributed by atoms with Gasteiger partial charge in [-0.05, 0) is 55.6 Å². The highest BCUT2D eigenvalue weighted by atomic mass is 79.9. The molecule has 2 aromatic rings. The van der Waals surface area contributed by atoms with Crippen LogP contribution in [0.5, 0.6) is 0 Å². The lowest BCUT2D eigenvalue weighted by Crippen LogP contribution is -2.23. The van der Waals surface area contributed by atoms with Crippen LogP contribution in [0.25, 0.3) is 0 Å². The van der Waals surface area contributed by atoms with Gasteiger partial charge in [-0.1, -0.05) is 58.7 Å². The fraction of sp³-hybridized carbons (Fsp3) is 0.333. The van der Waals surface area contributed by atoms with Crippen LogP contribution < -0.4 is 5.32 Å². The van der Waals surface area contributed by atoms with Crippen molar-refractivity contribution in [2.75, 3.05) is 6.54 Å². The first-order valence-corrected chi connectivity index (χ1v) is 7.89. The smallest absolute Gasteiger partial charge is 0.0582 e. The zero-order chi connectivity index (χ0) is 14.7. The molecule has 2 rings (SSSR count). The van der Waals surface area contributed by atoms with Gasteiger partial charge in [0.05, 0.1) is 6.04 Å². The number of nitrogens with one attached hydrogen (secondary N) is 1. The van der Waals surface area contributed by atoms with Crippen LogP contribution in [0.3, 0.4) is 0 Å². The molecule has 0 aliphatic heterocycles. The minimum Gasteiger partial charge on any atom is -0.307 e. The maximum atomic E-state index is 3.64. The number of aryl methyl sites for hydroxylation is 2. The minimum atomic E-state index is 0.248. The van der Waals surface area contributed by atoms with Crippen molar-refractivity contribution in [2.24, 2.45) is 0 Å². The van der Waals surface area contributed by atoms with E-state index in [9.17, 15) is 0 Å². The van der Waals surface area contributed by atoms with E-state index in [0.717, 1.165) is 6.54 Å². The second kappa shape index (κ2) is 6.55. The van der Waals surface area contributed by atoms with Gasteiger partial charge in [-0.2, -0.15) is 0 Å². The summed E-state index contributed by atoms with van der Waals surface area (Å²) in [6.45, 7) is 9.62. The average Bonchev–Trinajstić information content (AvgIpc) is 2.43. The van der Waals surface area contributed by atoms with Crippen LogP contribution in [-0.4, -0.2) is 6.54 Å². The number of rotatable bonds is 4. The lowest BCUT2D eigenvalue weighted by Gasteiger charge is -2.23. The van der Waals surface area contributed by atoms with Gasteiger partial charge in [0.2, 0.25) is 0 Å². The highest BCUT2D eigenvalue weighted by molar-refractivity contribution is 9.10. The van der Waals surface area contributed by atoms with E-state index < -0.39 is 0 Å². The van der Waals surface area contributed by atoms with Gasteiger partial charge in [-0.25, -0.2) is 0 Å². The SMILES string of the molecule is CCNC(c1cc(C)ccc1C)c1cccc(Br)c1C. The Balaban J connectivity index is 2.56. The Hall–Kier alpha value is -1.12. The highest BCUT2D eigenvalue weighted by Crippen LogP contribution is 2.31. The van der Waals surface area contributed by atoms with Crippen LogP contribution in [0.2, 0.25) is 0 Å². The summed E-state index contributed by atoms with van der Waals surface area (Å²) in [5.41, 5.74) is 6.66. The molecule has 0 amide bonds. The van der Waals surface area contributed by atoms with E-state index >= 15 is 0 Å². The number of hydrogen-bond acceptors (Lipinski definition) is 1. The van der Waals surface area contributed by atoms with E-state index in [0.29, 0.717) is 0 Å². The van der Waals surface area contributed by atoms with Crippen molar-refractivity contribution >= 4 is 15.9 Å². The molecule has 0 radical (unpaired) electrons. The van der Waals surface area contributed by atoms with Crippen molar-refractivity contribution in [2.45, 2.75) is 33.7 Å². The molecule has 0 saturated carbocycles. The van der Waals surface area contributed by atoms with Crippen molar-refractivity contribution in [1.82, 2.24) is 5.32 Å². The first kappa shape index (κ1) is 15.3. The monoisotopic (exact) mass is 331 g/mol. The van der Waals surface area contributed by atoms with Crippen molar-refractivity contribution in [3.8, 4) is 0 Å². The summed E-state index contributed by atoms with van der Waals surface area (Å²) in [4.78, 5) is 0. The molecule has 0 aliphatic rings. The van der Waals surface area contributed by atoms with E-state index in [-0.39, 0.29) is 6.04 Å². The summed E-state index contributed by atoms with van der Waals surface area (Å²) in [6, 6.07) is 13.4. The van der Waals surface area contributed by atoms with Gasteiger partial charge in [0, 0.05) is 4.47 Å². The lowest BCUT2D eigenvalue weighted by molar-refractivity contribution is 0.624. The van der Waals surface area contributed by atoms with Crippen molar-refractivity contribution in [3.63, 3.8) is 0 Å². The maximum absolute atomic E-state index is 3.64. The van der Waals surface area contributed by atoms with Gasteiger partial charge < -0.3 is 5.32 Å². The molecule has 0 saturated heterocycles. The standard InChI is InChI=1S/C18H22BrN/c1-5-20-18(15-7-6-8-17(19)14(15)4)16-11-12(2)9-10-13(16)3/h6-11,18,20H,5H2,1-4H3. The third-order valence-corrected chi connectivity index (χ3v) is 4.63. The molecule has 0 aromatic heterocycles. The van der Waals surface area contributed by atoms with Crippen LogP contribution in [0.4, 0.5) is 0 Å². The quantitative estimate of drug-likeness (QED) is 0.824. The van der Waals surface area contributed by atoms with E-state index in [1.807, 2.05) is 0 Å². The van der Waals surface area contributed by atoms with Crippen LogP contribution >= 0.6 is 15.9 Å². The largest absolute Gasteiger partial charge is 0.307 e. The van der Waals surface area contributed by atoms with Crippen LogP contribution in [0.15, 0.2) is 40.9 Å². The molecule has 0 spiro atoms. The van der Waals surface area contributed by atoms with Gasteiger partial charge in [0.25, 0.3) is 0 Å². The molecular weight excluding hydrogens is 310 g/mol. The van der Waals surface area contributed by atoms with Gasteiger partial charge in [-0.3, -0.25) is 0 Å². The van der Waals surface area contributed by atoms with E-state index in [4.69, 9.17) is 0 Å². The molecule has 20 heavy (non-hydrogen) atoms. The molecule has 1 atom stereocenters. The number of hydrogen-bond donors (Lipinski definition) is 1. The van der Waals surface area contributed by atoms with Crippen molar-refractivity contribution < 1.29 is 0 Å². The van der Waals surface area contributed by atoms with Gasteiger partial charge in [0.15, 0.2) is 0 Å². The second-order valence-corrected chi connectivity index (χ2v) is 6.16. The van der Waals surface area contributed by atoms with Crippen LogP contribution in [0, 0.1) is 20.8 Å². The van der Waals surface area contributed by atoms with Gasteiger partial charge in [0.1, 0.15) is 0 Å². The van der Waals surface area contributed by atoms with E-state index in [1.54, 1.807) is 0 Å². The number of halogens is 1. The van der Waals surface area contributed by atoms with Crippen molar-refractivity contribution in [3.05, 3.63) is 68.7 Å². The molecule has 1 N–H and O–H groups in total. The van der Waals surface area contributed by atoms with Crippen LogP contribution in [0.1, 0.15) is 40.8 Å². The predicted molar refractivity (Wildman–Crippen MR) is 90.3 cm³/mol. The van der Waals surface area contributed by atoms with E-state index in [2.05, 4.69) is 85.3 Å². The normalized spacial score (nSPS) is 12.4. The van der Waals surface area contributed by atoms with Crippen LogP contribution in [-0.2, 0) is 0 Å². The predicted octanol–water partition coefficient (Wildman–Crippen LogP) is 5.07. The van der Waals surface area contributed by atoms with Gasteiger partial charge in [-0.15, -0.1) is 0 Å². The topological polar surface area (TPSA) is 12.0 Å². The van der Waals surface area contributed by atoms with Gasteiger partial charge >= 0.3 is 0 Å². The molecule has 0 heterocycles. The fourth-order valence-electron chi connectivity index (χ4n) is 2.60. The summed E-state index contributed by atoms with van der Waals surface area (Å²) in [6.07, 6.45) is 0. The Morgan fingerprint density at radius 2 is 1.80 bits per heavy atom. The zero-order valence-electron chi connectivity index (χ0n) is 12.6. The molecule has 1 nitrogen and oxygen atoms in total.